The van der Waals surface area contributed by atoms with Crippen molar-refractivity contribution in [3.05, 3.63) is 78.2 Å². The Morgan fingerprint density at radius 3 is 2.73 bits per heavy atom. The van der Waals surface area contributed by atoms with Gasteiger partial charge in [-0.3, -0.25) is 9.78 Å². The van der Waals surface area contributed by atoms with Gasteiger partial charge in [0.15, 0.2) is 0 Å². The molecular weight excluding hydrogens is 466 g/mol. The minimum atomic E-state index is -1.00. The maximum absolute atomic E-state index is 13.9. The molecule has 3 N–H and O–H groups in total. The number of nitrogens with one attached hydrogen (secondary N) is 3. The topological polar surface area (TPSA) is 105 Å². The van der Waals surface area contributed by atoms with Crippen LogP contribution in [-0.2, 0) is 16.6 Å². The Bertz CT molecular complexity index is 1190. The Labute approximate surface area is 218 Å². The lowest BCUT2D eigenvalue weighted by atomic mass is 9.71. The second kappa shape index (κ2) is 12.0. The zero-order chi connectivity index (χ0) is 26.1. The number of aromatic amines is 1. The molecule has 37 heavy (non-hydrogen) atoms. The molecule has 196 valence electrons. The van der Waals surface area contributed by atoms with E-state index in [0.29, 0.717) is 19.0 Å². The molecule has 3 aromatic heterocycles. The van der Waals surface area contributed by atoms with Gasteiger partial charge < -0.3 is 24.8 Å². The number of hydrogen-bond acceptors (Lipinski definition) is 6. The second-order valence-corrected chi connectivity index (χ2v) is 9.90. The Morgan fingerprint density at radius 2 is 2.05 bits per heavy atom. The van der Waals surface area contributed by atoms with Gasteiger partial charge in [0.25, 0.3) is 6.01 Å². The highest BCUT2D eigenvalue weighted by Gasteiger charge is 2.40. The third-order valence-corrected chi connectivity index (χ3v) is 7.22. The Balaban J connectivity index is 1.57. The van der Waals surface area contributed by atoms with Crippen molar-refractivity contribution < 1.29 is 13.9 Å². The summed E-state index contributed by atoms with van der Waals surface area (Å²) < 4.78 is 10.8. The maximum atomic E-state index is 13.9. The van der Waals surface area contributed by atoms with Gasteiger partial charge in [0.2, 0.25) is 5.91 Å². The number of oxazole rings is 1. The molecule has 1 aliphatic rings. The summed E-state index contributed by atoms with van der Waals surface area (Å²) in [5.74, 6) is 0.612. The van der Waals surface area contributed by atoms with E-state index in [1.807, 2.05) is 62.7 Å². The summed E-state index contributed by atoms with van der Waals surface area (Å²) in [4.78, 5) is 26.0. The summed E-state index contributed by atoms with van der Waals surface area (Å²) in [6, 6.07) is 4.29. The number of pyridine rings is 1. The van der Waals surface area contributed by atoms with Crippen molar-refractivity contribution in [2.75, 3.05) is 19.0 Å². The number of ether oxygens (including phenoxy) is 1. The molecule has 1 amide bonds. The molecule has 8 nitrogen and oxygen atoms in total. The zero-order valence-electron chi connectivity index (χ0n) is 21.9. The number of rotatable bonds is 11. The fourth-order valence-corrected chi connectivity index (χ4v) is 5.08. The van der Waals surface area contributed by atoms with Crippen LogP contribution in [0.25, 0.3) is 6.08 Å². The highest BCUT2D eigenvalue weighted by atomic mass is 16.5. The molecule has 1 saturated carbocycles. The van der Waals surface area contributed by atoms with Gasteiger partial charge in [0.05, 0.1) is 19.5 Å². The van der Waals surface area contributed by atoms with Crippen LogP contribution in [0, 0.1) is 0 Å². The van der Waals surface area contributed by atoms with Gasteiger partial charge in [0, 0.05) is 36.5 Å². The smallest absolute Gasteiger partial charge is 0.295 e. The van der Waals surface area contributed by atoms with Gasteiger partial charge >= 0.3 is 0 Å². The molecular formula is C29H37N5O3. The molecule has 3 aromatic rings. The fraction of sp³-hybridized carbons (Fsp3) is 0.414. The molecule has 1 fully saturated rings. The van der Waals surface area contributed by atoms with Crippen molar-refractivity contribution in [3.8, 4) is 5.75 Å². The lowest BCUT2D eigenvalue weighted by molar-refractivity contribution is -0.125. The number of H-pyrrole nitrogens is 1. The van der Waals surface area contributed by atoms with Crippen molar-refractivity contribution in [1.82, 2.24) is 20.3 Å². The van der Waals surface area contributed by atoms with E-state index in [1.54, 1.807) is 19.5 Å². The number of hydrogen-bond donors (Lipinski definition) is 3. The summed E-state index contributed by atoms with van der Waals surface area (Å²) in [5.41, 5.74) is 1.83. The number of amides is 1. The molecule has 3 heterocycles. The van der Waals surface area contributed by atoms with Crippen LogP contribution < -0.4 is 15.4 Å². The fourth-order valence-electron chi connectivity index (χ4n) is 5.08. The van der Waals surface area contributed by atoms with Crippen molar-refractivity contribution in [2.45, 2.75) is 63.3 Å². The van der Waals surface area contributed by atoms with Crippen LogP contribution in [0.15, 0.2) is 65.8 Å². The first-order chi connectivity index (χ1) is 18.0. The number of nitrogens with zero attached hydrogens (tertiary/aromatic N) is 2. The predicted octanol–water partition coefficient (Wildman–Crippen LogP) is 5.43. The number of methoxy groups -OCH3 is 1. The van der Waals surface area contributed by atoms with E-state index < -0.39 is 5.54 Å². The van der Waals surface area contributed by atoms with E-state index in [2.05, 4.69) is 20.6 Å². The third-order valence-electron chi connectivity index (χ3n) is 7.22. The van der Waals surface area contributed by atoms with Crippen LogP contribution in [0.2, 0.25) is 0 Å². The van der Waals surface area contributed by atoms with Crippen LogP contribution in [0.4, 0.5) is 6.01 Å². The van der Waals surface area contributed by atoms with Crippen LogP contribution in [-0.4, -0.2) is 40.1 Å². The number of allylic oxidation sites excluding steroid dienone is 3. The molecule has 0 radical (unpaired) electrons. The molecule has 0 spiro atoms. The lowest BCUT2D eigenvalue weighted by Crippen LogP contribution is -2.55. The molecule has 1 atom stereocenters. The first kappa shape index (κ1) is 26.3. The number of carbonyl (C=O) groups excluding carboxylic acids is 1. The van der Waals surface area contributed by atoms with Crippen molar-refractivity contribution in [1.29, 1.82) is 0 Å². The molecule has 4 rings (SSSR count). The highest BCUT2D eigenvalue weighted by Crippen LogP contribution is 2.38. The summed E-state index contributed by atoms with van der Waals surface area (Å²) >= 11 is 0. The van der Waals surface area contributed by atoms with Gasteiger partial charge in [-0.15, -0.1) is 0 Å². The molecule has 0 aromatic carbocycles. The van der Waals surface area contributed by atoms with Gasteiger partial charge in [-0.25, -0.2) is 4.98 Å². The molecule has 0 unspecified atom stereocenters. The van der Waals surface area contributed by atoms with Gasteiger partial charge in [0.1, 0.15) is 17.6 Å². The predicted molar refractivity (Wildman–Crippen MR) is 145 cm³/mol. The molecule has 8 heteroatoms. The molecule has 0 aliphatic heterocycles. The Hall–Kier alpha value is -3.81. The van der Waals surface area contributed by atoms with E-state index >= 15 is 0 Å². The van der Waals surface area contributed by atoms with Crippen molar-refractivity contribution in [3.63, 3.8) is 0 Å². The second-order valence-electron chi connectivity index (χ2n) is 9.90. The van der Waals surface area contributed by atoms with E-state index in [1.165, 1.54) is 12.7 Å². The number of carbonyl (C=O) groups is 1. The van der Waals surface area contributed by atoms with Crippen LogP contribution in [0.1, 0.15) is 62.8 Å². The lowest BCUT2D eigenvalue weighted by Gasteiger charge is -2.38. The quantitative estimate of drug-likeness (QED) is 0.302. The average molecular weight is 504 g/mol. The number of anilines is 1. The Morgan fingerprint density at radius 1 is 1.22 bits per heavy atom. The first-order valence-corrected chi connectivity index (χ1v) is 12.9. The summed E-state index contributed by atoms with van der Waals surface area (Å²) in [7, 11) is 1.64. The van der Waals surface area contributed by atoms with E-state index in [9.17, 15) is 4.79 Å². The number of aromatic nitrogens is 3. The third kappa shape index (κ3) is 6.31. The monoisotopic (exact) mass is 503 g/mol. The van der Waals surface area contributed by atoms with Crippen LogP contribution in [0.5, 0.6) is 5.75 Å². The molecule has 0 bridgehead atoms. The normalized spacial score (nSPS) is 17.1. The first-order valence-electron chi connectivity index (χ1n) is 12.9. The van der Waals surface area contributed by atoms with Gasteiger partial charge in [-0.05, 0) is 49.9 Å². The van der Waals surface area contributed by atoms with Crippen LogP contribution >= 0.6 is 0 Å². The Kier molecular flexibility index (Phi) is 8.48. The largest absolute Gasteiger partial charge is 0.495 e. The summed E-state index contributed by atoms with van der Waals surface area (Å²) in [6.45, 7) is 4.37. The summed E-state index contributed by atoms with van der Waals surface area (Å²) in [5, 5.41) is 6.53. The van der Waals surface area contributed by atoms with Gasteiger partial charge in [-0.1, -0.05) is 43.6 Å². The molecule has 0 saturated heterocycles. The minimum absolute atomic E-state index is 0.117. The van der Waals surface area contributed by atoms with E-state index in [-0.39, 0.29) is 11.3 Å². The standard InChI is InChI=1S/C29H37N5O3/c1-4-5-7-10-22-18-30-19-23(22)17-28(2,34-27-31-15-16-37-27)26(35)33-21-29(13-8-6-9-14-29)25-12-11-24(36-3)20-32-25/h4-5,7,10-12,15-16,18-20,30H,6,8-9,13-14,17,21H2,1-3H3,(H,31,34)(H,33,35)/b5-4-,10-7-/t28-/m0/s1. The van der Waals surface area contributed by atoms with E-state index in [4.69, 9.17) is 14.1 Å². The SMILES string of the molecule is C/C=C\C=C/c1c[nH]cc1C[C@](C)(Nc1ncco1)C(=O)NCC1(c2ccc(OC)cn2)CCCCC1. The van der Waals surface area contributed by atoms with Crippen molar-refractivity contribution in [2.24, 2.45) is 0 Å². The highest BCUT2D eigenvalue weighted by molar-refractivity contribution is 5.89. The molecule has 1 aliphatic carbocycles. The van der Waals surface area contributed by atoms with Crippen molar-refractivity contribution >= 4 is 18.0 Å². The van der Waals surface area contributed by atoms with Gasteiger partial charge in [-0.2, -0.15) is 0 Å². The average Bonchev–Trinajstić information content (AvgIpc) is 3.60. The minimum Gasteiger partial charge on any atom is -0.495 e. The van der Waals surface area contributed by atoms with Crippen LogP contribution in [0.3, 0.4) is 0 Å². The zero-order valence-corrected chi connectivity index (χ0v) is 21.9. The summed E-state index contributed by atoms with van der Waals surface area (Å²) in [6.07, 6.45) is 22.5. The van der Waals surface area contributed by atoms with E-state index in [0.717, 1.165) is 48.3 Å². The maximum Gasteiger partial charge on any atom is 0.295 e.